The van der Waals surface area contributed by atoms with Gasteiger partial charge in [-0.2, -0.15) is 0 Å². The number of imidazole rings is 1. The average molecular weight is 530 g/mol. The van der Waals surface area contributed by atoms with Crippen molar-refractivity contribution in [3.63, 3.8) is 0 Å². The van der Waals surface area contributed by atoms with E-state index in [0.717, 1.165) is 32.1 Å². The summed E-state index contributed by atoms with van der Waals surface area (Å²) in [6.45, 7) is 1.32. The Balaban J connectivity index is 1.87. The smallest absolute Gasteiger partial charge is 0.313 e. The van der Waals surface area contributed by atoms with Gasteiger partial charge in [0, 0.05) is 23.4 Å². The van der Waals surface area contributed by atoms with E-state index in [1.165, 1.54) is 19.1 Å². The maximum atomic E-state index is 14.1. The van der Waals surface area contributed by atoms with E-state index in [-0.39, 0.29) is 28.6 Å². The molecule has 36 heavy (non-hydrogen) atoms. The molecule has 2 heterocycles. The summed E-state index contributed by atoms with van der Waals surface area (Å²) in [5, 5.41) is 8.21. The monoisotopic (exact) mass is 529 g/mol. The fourth-order valence-electron chi connectivity index (χ4n) is 4.61. The second-order valence-electron chi connectivity index (χ2n) is 8.62. The number of hydrogen-bond acceptors (Lipinski definition) is 7. The standard InChI is InChI=1S/C25H22Cl2FN5O3/c1-13(34)35-20-10-8-16(26)12-19(20)33-22(15-7-9-18(28)17(27)11-15)21(24-31-32-25(29)36-24)30-23(33)14-5-3-2-4-6-14/h7-12,14H,2-6H2,1H3,(H2,29,32). The lowest BCUT2D eigenvalue weighted by Gasteiger charge is -2.24. The van der Waals surface area contributed by atoms with E-state index in [0.29, 0.717) is 33.5 Å². The number of nitrogens with zero attached hydrogens (tertiary/aromatic N) is 4. The van der Waals surface area contributed by atoms with Gasteiger partial charge < -0.3 is 14.9 Å². The van der Waals surface area contributed by atoms with Crippen LogP contribution in [0.2, 0.25) is 10.0 Å². The third kappa shape index (κ3) is 4.68. The van der Waals surface area contributed by atoms with Crippen LogP contribution in [0.5, 0.6) is 5.75 Å². The molecule has 1 saturated carbocycles. The molecule has 11 heteroatoms. The average Bonchev–Trinajstić information content (AvgIpc) is 3.46. The minimum Gasteiger partial charge on any atom is -0.424 e. The minimum absolute atomic E-state index is 0.0678. The molecule has 5 rings (SSSR count). The molecule has 2 aromatic heterocycles. The molecule has 0 aliphatic heterocycles. The molecule has 2 N–H and O–H groups in total. The molecule has 8 nitrogen and oxygen atoms in total. The number of hydrogen-bond donors (Lipinski definition) is 1. The van der Waals surface area contributed by atoms with Gasteiger partial charge in [-0.3, -0.25) is 9.36 Å². The molecular formula is C25H22Cl2FN5O3. The quantitative estimate of drug-likeness (QED) is 0.229. The Morgan fingerprint density at radius 2 is 1.92 bits per heavy atom. The normalized spacial score (nSPS) is 14.2. The second kappa shape index (κ2) is 9.91. The zero-order valence-corrected chi connectivity index (χ0v) is 20.8. The summed E-state index contributed by atoms with van der Waals surface area (Å²) < 4.78 is 27.1. The Labute approximate surface area is 216 Å². The third-order valence-corrected chi connectivity index (χ3v) is 6.65. The summed E-state index contributed by atoms with van der Waals surface area (Å²) >= 11 is 12.6. The van der Waals surface area contributed by atoms with Crippen molar-refractivity contribution in [1.82, 2.24) is 19.7 Å². The Bertz CT molecular complexity index is 1450. The molecule has 0 amide bonds. The van der Waals surface area contributed by atoms with Crippen LogP contribution in [-0.2, 0) is 4.79 Å². The molecular weight excluding hydrogens is 508 g/mol. The second-order valence-corrected chi connectivity index (χ2v) is 9.46. The van der Waals surface area contributed by atoms with Crippen LogP contribution in [0.4, 0.5) is 10.4 Å². The number of rotatable bonds is 5. The van der Waals surface area contributed by atoms with E-state index in [1.807, 2.05) is 4.57 Å². The van der Waals surface area contributed by atoms with E-state index in [4.69, 9.17) is 43.1 Å². The van der Waals surface area contributed by atoms with Gasteiger partial charge in [0.2, 0.25) is 0 Å². The SMILES string of the molecule is CC(=O)Oc1ccc(Cl)cc1-n1c(C2CCCCC2)nc(-c2nnc(N)o2)c1-c1ccc(F)c(Cl)c1. The molecule has 0 bridgehead atoms. The predicted octanol–water partition coefficient (Wildman–Crippen LogP) is 6.59. The number of nitrogens with two attached hydrogens (primary N) is 1. The highest BCUT2D eigenvalue weighted by Crippen LogP contribution is 2.43. The Morgan fingerprint density at radius 3 is 2.58 bits per heavy atom. The number of benzene rings is 2. The van der Waals surface area contributed by atoms with E-state index in [2.05, 4.69) is 10.2 Å². The summed E-state index contributed by atoms with van der Waals surface area (Å²) in [7, 11) is 0. The van der Waals surface area contributed by atoms with Crippen LogP contribution < -0.4 is 10.5 Å². The van der Waals surface area contributed by atoms with Crippen molar-refractivity contribution in [3.05, 3.63) is 58.1 Å². The largest absolute Gasteiger partial charge is 0.424 e. The number of esters is 1. The first kappa shape index (κ1) is 24.3. The van der Waals surface area contributed by atoms with Crippen LogP contribution in [0.3, 0.4) is 0 Å². The Kier molecular flexibility index (Phi) is 6.68. The molecule has 4 aromatic rings. The number of carbonyl (C=O) groups is 1. The molecule has 0 atom stereocenters. The first-order chi connectivity index (χ1) is 17.3. The molecule has 0 spiro atoms. The lowest BCUT2D eigenvalue weighted by atomic mass is 9.88. The van der Waals surface area contributed by atoms with Gasteiger partial charge >= 0.3 is 12.0 Å². The maximum Gasteiger partial charge on any atom is 0.313 e. The maximum absolute atomic E-state index is 14.1. The van der Waals surface area contributed by atoms with Crippen molar-refractivity contribution in [2.75, 3.05) is 5.73 Å². The predicted molar refractivity (Wildman–Crippen MR) is 134 cm³/mol. The van der Waals surface area contributed by atoms with Gasteiger partial charge in [0.1, 0.15) is 11.6 Å². The van der Waals surface area contributed by atoms with E-state index in [9.17, 15) is 9.18 Å². The van der Waals surface area contributed by atoms with Crippen molar-refractivity contribution in [3.8, 4) is 34.3 Å². The summed E-state index contributed by atoms with van der Waals surface area (Å²) in [4.78, 5) is 16.9. The molecule has 0 unspecified atom stereocenters. The fraction of sp³-hybridized carbons (Fsp3) is 0.280. The minimum atomic E-state index is -0.564. The van der Waals surface area contributed by atoms with Crippen molar-refractivity contribution in [2.45, 2.75) is 44.9 Å². The van der Waals surface area contributed by atoms with Crippen molar-refractivity contribution in [2.24, 2.45) is 0 Å². The zero-order chi connectivity index (χ0) is 25.4. The van der Waals surface area contributed by atoms with Crippen molar-refractivity contribution < 1.29 is 18.3 Å². The van der Waals surface area contributed by atoms with Gasteiger partial charge in [0.25, 0.3) is 5.89 Å². The molecule has 1 aliphatic carbocycles. The van der Waals surface area contributed by atoms with Gasteiger partial charge in [-0.05, 0) is 49.2 Å². The topological polar surface area (TPSA) is 109 Å². The van der Waals surface area contributed by atoms with Crippen LogP contribution in [0.15, 0.2) is 40.8 Å². The molecule has 1 aliphatic rings. The molecule has 2 aromatic carbocycles. The van der Waals surface area contributed by atoms with Crippen molar-refractivity contribution >= 4 is 35.2 Å². The van der Waals surface area contributed by atoms with Crippen LogP contribution in [0.1, 0.15) is 50.8 Å². The van der Waals surface area contributed by atoms with Crippen LogP contribution in [-0.4, -0.2) is 25.7 Å². The number of halogens is 3. The van der Waals surface area contributed by atoms with Crippen LogP contribution in [0, 0.1) is 5.82 Å². The zero-order valence-electron chi connectivity index (χ0n) is 19.3. The highest BCUT2D eigenvalue weighted by molar-refractivity contribution is 6.31. The third-order valence-electron chi connectivity index (χ3n) is 6.13. The number of aromatic nitrogens is 4. The van der Waals surface area contributed by atoms with Gasteiger partial charge in [0.05, 0.1) is 16.4 Å². The van der Waals surface area contributed by atoms with Crippen LogP contribution >= 0.6 is 23.2 Å². The summed E-state index contributed by atoms with van der Waals surface area (Å²) in [6, 6.07) is 9.17. The number of nitrogen functional groups attached to an aromatic ring is 1. The van der Waals surface area contributed by atoms with E-state index in [1.54, 1.807) is 24.3 Å². The van der Waals surface area contributed by atoms with E-state index >= 15 is 0 Å². The van der Waals surface area contributed by atoms with Gasteiger partial charge in [0.15, 0.2) is 11.4 Å². The fourth-order valence-corrected chi connectivity index (χ4v) is 4.96. The summed E-state index contributed by atoms with van der Waals surface area (Å²) in [5.41, 5.74) is 7.59. The molecule has 0 radical (unpaired) electrons. The van der Waals surface area contributed by atoms with Crippen molar-refractivity contribution in [1.29, 1.82) is 0 Å². The lowest BCUT2D eigenvalue weighted by molar-refractivity contribution is -0.131. The summed E-state index contributed by atoms with van der Waals surface area (Å²) in [5.74, 6) is 0.113. The highest BCUT2D eigenvalue weighted by Gasteiger charge is 2.31. The van der Waals surface area contributed by atoms with Gasteiger partial charge in [-0.1, -0.05) is 47.6 Å². The first-order valence-electron chi connectivity index (χ1n) is 11.5. The molecule has 186 valence electrons. The van der Waals surface area contributed by atoms with E-state index < -0.39 is 11.8 Å². The number of anilines is 1. The van der Waals surface area contributed by atoms with Gasteiger partial charge in [-0.25, -0.2) is 9.37 Å². The first-order valence-corrected chi connectivity index (χ1v) is 12.2. The lowest BCUT2D eigenvalue weighted by Crippen LogP contribution is -2.13. The van der Waals surface area contributed by atoms with Gasteiger partial charge in [-0.15, -0.1) is 5.10 Å². The Morgan fingerprint density at radius 1 is 1.14 bits per heavy atom. The number of ether oxygens (including phenoxy) is 1. The van der Waals surface area contributed by atoms with Crippen LogP contribution in [0.25, 0.3) is 28.5 Å². The molecule has 0 saturated heterocycles. The highest BCUT2D eigenvalue weighted by atomic mass is 35.5. The Hall–Kier alpha value is -3.43. The number of carbonyl (C=O) groups excluding carboxylic acids is 1. The summed E-state index contributed by atoms with van der Waals surface area (Å²) in [6.07, 6.45) is 5.06. The molecule has 1 fully saturated rings.